The van der Waals surface area contributed by atoms with Crippen LogP contribution in [0.1, 0.15) is 12.0 Å². The first-order chi connectivity index (χ1) is 18.1. The molecule has 0 saturated carbocycles. The lowest BCUT2D eigenvalue weighted by Gasteiger charge is -2.40. The van der Waals surface area contributed by atoms with E-state index >= 15 is 0 Å². The Labute approximate surface area is 215 Å². The van der Waals surface area contributed by atoms with Crippen molar-refractivity contribution in [3.8, 4) is 11.1 Å². The van der Waals surface area contributed by atoms with Crippen molar-refractivity contribution in [3.63, 3.8) is 0 Å². The number of nitrogens with one attached hydrogen (secondary N) is 1. The summed E-state index contributed by atoms with van der Waals surface area (Å²) in [5.41, 5.74) is 12.8. The zero-order valence-corrected chi connectivity index (χ0v) is 20.7. The van der Waals surface area contributed by atoms with E-state index < -0.39 is 0 Å². The molecule has 1 fully saturated rings. The minimum Gasteiger partial charge on any atom is -0.369 e. The van der Waals surface area contributed by atoms with Crippen LogP contribution < -0.4 is 16.0 Å². The van der Waals surface area contributed by atoms with Crippen molar-refractivity contribution < 1.29 is 4.79 Å². The number of carbonyl (C=O) groups excluding carboxylic acids is 1. The molecule has 3 aromatic heterocycles. The summed E-state index contributed by atoms with van der Waals surface area (Å²) in [5, 5.41) is 4.66. The summed E-state index contributed by atoms with van der Waals surface area (Å²) >= 11 is 0. The van der Waals surface area contributed by atoms with Gasteiger partial charge in [0.15, 0.2) is 0 Å². The number of primary amides is 1. The normalized spacial score (nSPS) is 17.8. The quantitative estimate of drug-likeness (QED) is 0.376. The van der Waals surface area contributed by atoms with Gasteiger partial charge in [-0.3, -0.25) is 19.7 Å². The summed E-state index contributed by atoms with van der Waals surface area (Å²) in [4.78, 5) is 28.5. The van der Waals surface area contributed by atoms with Gasteiger partial charge in [0.2, 0.25) is 5.91 Å². The number of aryl methyl sites for hydroxylation is 1. The molecule has 186 valence electrons. The molecule has 6 rings (SSSR count). The zero-order valence-electron chi connectivity index (χ0n) is 20.7. The van der Waals surface area contributed by atoms with Crippen molar-refractivity contribution in [2.24, 2.45) is 18.7 Å². The third-order valence-corrected chi connectivity index (χ3v) is 7.38. The highest BCUT2D eigenvalue weighted by Gasteiger charge is 2.34. The molecular formula is C29H29N7O. The third-order valence-electron chi connectivity index (χ3n) is 7.38. The number of nitrogens with zero attached hydrogens (tertiary/aromatic N) is 5. The Kier molecular flexibility index (Phi) is 6.02. The Hall–Kier alpha value is -4.30. The Bertz CT molecular complexity index is 1580. The molecule has 2 unspecified atom stereocenters. The molecule has 3 N–H and O–H groups in total. The summed E-state index contributed by atoms with van der Waals surface area (Å²) in [6.45, 7) is 2.03. The highest BCUT2D eigenvalue weighted by Crippen LogP contribution is 2.36. The summed E-state index contributed by atoms with van der Waals surface area (Å²) in [5.74, 6) is -0.531. The van der Waals surface area contributed by atoms with Crippen molar-refractivity contribution in [1.82, 2.24) is 24.8 Å². The molecule has 0 aliphatic carbocycles. The number of hydrogen-bond acceptors (Lipinski definition) is 6. The lowest BCUT2D eigenvalue weighted by atomic mass is 9.89. The maximum atomic E-state index is 12.5. The van der Waals surface area contributed by atoms with Crippen molar-refractivity contribution in [1.29, 1.82) is 0 Å². The SMILES string of the molecule is Cn1ccc2ccc(-c3cc(N(Cc4cccnc4)C4CNCCC4C(N)=O)cc4nccnc34)cc21. The molecular weight excluding hydrogens is 462 g/mol. The minimum absolute atomic E-state index is 0.108. The minimum atomic E-state index is -0.266. The average molecular weight is 492 g/mol. The molecule has 1 amide bonds. The number of fused-ring (bicyclic) bond motifs is 2. The van der Waals surface area contributed by atoms with E-state index in [4.69, 9.17) is 10.7 Å². The van der Waals surface area contributed by atoms with Gasteiger partial charge in [0, 0.05) is 67.9 Å². The van der Waals surface area contributed by atoms with Gasteiger partial charge in [0.05, 0.1) is 23.0 Å². The van der Waals surface area contributed by atoms with E-state index in [2.05, 4.69) is 80.5 Å². The van der Waals surface area contributed by atoms with Gasteiger partial charge < -0.3 is 20.5 Å². The molecule has 1 aliphatic heterocycles. The molecule has 8 heteroatoms. The summed E-state index contributed by atoms with van der Waals surface area (Å²) in [6, 6.07) is 16.7. The highest BCUT2D eigenvalue weighted by atomic mass is 16.1. The molecule has 8 nitrogen and oxygen atoms in total. The van der Waals surface area contributed by atoms with E-state index in [1.54, 1.807) is 18.6 Å². The largest absolute Gasteiger partial charge is 0.369 e. The number of carbonyl (C=O) groups is 1. The third kappa shape index (κ3) is 4.40. The molecule has 4 heterocycles. The molecule has 0 bridgehead atoms. The number of piperidine rings is 1. The van der Waals surface area contributed by atoms with Crippen LogP contribution in [0.25, 0.3) is 33.1 Å². The molecule has 1 saturated heterocycles. The van der Waals surface area contributed by atoms with Gasteiger partial charge in [-0.2, -0.15) is 0 Å². The fourth-order valence-electron chi connectivity index (χ4n) is 5.47. The highest BCUT2D eigenvalue weighted by molar-refractivity contribution is 5.97. The van der Waals surface area contributed by atoms with E-state index in [9.17, 15) is 4.79 Å². The second-order valence-corrected chi connectivity index (χ2v) is 9.68. The van der Waals surface area contributed by atoms with Crippen LogP contribution in [-0.4, -0.2) is 44.6 Å². The topological polar surface area (TPSA) is 102 Å². The van der Waals surface area contributed by atoms with Crippen LogP contribution >= 0.6 is 0 Å². The van der Waals surface area contributed by atoms with E-state index in [0.717, 1.165) is 45.5 Å². The lowest BCUT2D eigenvalue weighted by Crippen LogP contribution is -2.54. The maximum absolute atomic E-state index is 12.5. The maximum Gasteiger partial charge on any atom is 0.222 e. The first-order valence-electron chi connectivity index (χ1n) is 12.5. The fraction of sp³-hybridized carbons (Fsp3) is 0.241. The van der Waals surface area contributed by atoms with Crippen molar-refractivity contribution in [3.05, 3.63) is 85.1 Å². The summed E-state index contributed by atoms with van der Waals surface area (Å²) in [6.07, 6.45) is 9.86. The number of aromatic nitrogens is 4. The number of amides is 1. The summed E-state index contributed by atoms with van der Waals surface area (Å²) < 4.78 is 2.12. The Morgan fingerprint density at radius 1 is 1.14 bits per heavy atom. The molecule has 5 aromatic rings. The van der Waals surface area contributed by atoms with Crippen LogP contribution in [0.5, 0.6) is 0 Å². The van der Waals surface area contributed by atoms with Crippen LogP contribution in [0.15, 0.2) is 79.5 Å². The molecule has 0 spiro atoms. The van der Waals surface area contributed by atoms with Gasteiger partial charge in [-0.25, -0.2) is 0 Å². The monoisotopic (exact) mass is 491 g/mol. The van der Waals surface area contributed by atoms with Crippen LogP contribution in [-0.2, 0) is 18.4 Å². The van der Waals surface area contributed by atoms with Crippen molar-refractivity contribution in [2.45, 2.75) is 19.0 Å². The zero-order chi connectivity index (χ0) is 25.4. The van der Waals surface area contributed by atoms with Crippen LogP contribution in [0, 0.1) is 5.92 Å². The number of hydrogen-bond donors (Lipinski definition) is 2. The number of benzene rings is 2. The Balaban J connectivity index is 1.53. The van der Waals surface area contributed by atoms with Gasteiger partial charge in [-0.05, 0) is 59.8 Å². The van der Waals surface area contributed by atoms with Crippen LogP contribution in [0.4, 0.5) is 5.69 Å². The predicted molar refractivity (Wildman–Crippen MR) is 146 cm³/mol. The first kappa shape index (κ1) is 23.1. The van der Waals surface area contributed by atoms with Crippen molar-refractivity contribution >= 4 is 33.5 Å². The molecule has 0 radical (unpaired) electrons. The Morgan fingerprint density at radius 2 is 2.03 bits per heavy atom. The predicted octanol–water partition coefficient (Wildman–Crippen LogP) is 3.65. The fourth-order valence-corrected chi connectivity index (χ4v) is 5.47. The van der Waals surface area contributed by atoms with E-state index in [1.165, 1.54) is 5.39 Å². The van der Waals surface area contributed by atoms with E-state index in [-0.39, 0.29) is 17.9 Å². The summed E-state index contributed by atoms with van der Waals surface area (Å²) in [7, 11) is 2.05. The number of nitrogens with two attached hydrogens (primary N) is 1. The second kappa shape index (κ2) is 9.63. The number of anilines is 1. The van der Waals surface area contributed by atoms with E-state index in [1.807, 2.05) is 12.3 Å². The van der Waals surface area contributed by atoms with E-state index in [0.29, 0.717) is 19.5 Å². The number of pyridine rings is 1. The molecule has 2 atom stereocenters. The van der Waals surface area contributed by atoms with Gasteiger partial charge >= 0.3 is 0 Å². The standard InChI is InChI=1S/C29H29N7O/c1-35-12-7-20-4-5-21(13-26(20)35)24-14-22(15-25-28(24)34-11-10-33-25)36(18-19-3-2-8-31-16-19)27-17-32-9-6-23(27)29(30)37/h2-5,7-8,10-16,23,27,32H,6,9,17-18H2,1H3,(H2,30,37). The van der Waals surface area contributed by atoms with Crippen LogP contribution in [0.2, 0.25) is 0 Å². The number of rotatable bonds is 6. The van der Waals surface area contributed by atoms with Gasteiger partial charge in [-0.15, -0.1) is 0 Å². The second-order valence-electron chi connectivity index (χ2n) is 9.68. The molecule has 1 aliphatic rings. The average Bonchev–Trinajstić information content (AvgIpc) is 3.31. The molecule has 2 aromatic carbocycles. The first-order valence-corrected chi connectivity index (χ1v) is 12.5. The van der Waals surface area contributed by atoms with Gasteiger partial charge in [-0.1, -0.05) is 18.2 Å². The van der Waals surface area contributed by atoms with Gasteiger partial charge in [0.1, 0.15) is 0 Å². The molecule has 37 heavy (non-hydrogen) atoms. The van der Waals surface area contributed by atoms with Crippen molar-refractivity contribution in [2.75, 3.05) is 18.0 Å². The smallest absolute Gasteiger partial charge is 0.222 e. The van der Waals surface area contributed by atoms with Gasteiger partial charge in [0.25, 0.3) is 0 Å². The Morgan fingerprint density at radius 3 is 2.86 bits per heavy atom. The lowest BCUT2D eigenvalue weighted by molar-refractivity contribution is -0.123. The van der Waals surface area contributed by atoms with Crippen LogP contribution in [0.3, 0.4) is 0 Å².